The van der Waals surface area contributed by atoms with E-state index in [0.29, 0.717) is 12.3 Å². The third-order valence-electron chi connectivity index (χ3n) is 4.72. The zero-order chi connectivity index (χ0) is 18.4. The lowest BCUT2D eigenvalue weighted by Gasteiger charge is -2.32. The molecule has 1 heterocycles. The quantitative estimate of drug-likeness (QED) is 0.507. The van der Waals surface area contributed by atoms with E-state index in [4.69, 9.17) is 4.74 Å². The number of carbonyl (C=O) groups excluding carboxylic acids is 1. The van der Waals surface area contributed by atoms with Crippen LogP contribution in [0.1, 0.15) is 69.9 Å². The highest BCUT2D eigenvalue weighted by Crippen LogP contribution is 2.40. The summed E-state index contributed by atoms with van der Waals surface area (Å²) in [6.45, 7) is 11.1. The SMILES string of the molecule is CCOC(=O)c1ccc(/C=C(\C)C=CC2=C(C)CCCC2(C)C)cn1. The van der Waals surface area contributed by atoms with Crippen molar-refractivity contribution in [1.29, 1.82) is 0 Å². The number of nitrogens with zero attached hydrogens (tertiary/aromatic N) is 1. The maximum absolute atomic E-state index is 11.6. The Hall–Kier alpha value is -2.16. The van der Waals surface area contributed by atoms with Gasteiger partial charge in [-0.25, -0.2) is 9.78 Å². The predicted octanol–water partition coefficient (Wildman–Crippen LogP) is 5.74. The van der Waals surface area contributed by atoms with Crippen molar-refractivity contribution in [3.05, 3.63) is 58.5 Å². The Morgan fingerprint density at radius 3 is 2.72 bits per heavy atom. The van der Waals surface area contributed by atoms with Gasteiger partial charge in [-0.15, -0.1) is 0 Å². The molecule has 0 saturated heterocycles. The minimum Gasteiger partial charge on any atom is -0.461 e. The van der Waals surface area contributed by atoms with Gasteiger partial charge in [0, 0.05) is 6.20 Å². The van der Waals surface area contributed by atoms with E-state index in [1.54, 1.807) is 19.2 Å². The molecule has 0 saturated carbocycles. The number of rotatable bonds is 5. The van der Waals surface area contributed by atoms with E-state index >= 15 is 0 Å². The first-order valence-corrected chi connectivity index (χ1v) is 9.03. The molecule has 1 aromatic rings. The molecule has 0 radical (unpaired) electrons. The highest BCUT2D eigenvalue weighted by molar-refractivity contribution is 5.87. The molecule has 0 atom stereocenters. The molecule has 2 rings (SSSR count). The maximum Gasteiger partial charge on any atom is 0.356 e. The van der Waals surface area contributed by atoms with Crippen LogP contribution >= 0.6 is 0 Å². The molecule has 0 N–H and O–H groups in total. The number of hydrogen-bond acceptors (Lipinski definition) is 3. The summed E-state index contributed by atoms with van der Waals surface area (Å²) in [5.74, 6) is -0.378. The fourth-order valence-electron chi connectivity index (χ4n) is 3.35. The largest absolute Gasteiger partial charge is 0.461 e. The van der Waals surface area contributed by atoms with Gasteiger partial charge in [-0.3, -0.25) is 0 Å². The lowest BCUT2D eigenvalue weighted by atomic mass is 9.72. The van der Waals surface area contributed by atoms with Crippen molar-refractivity contribution in [2.75, 3.05) is 6.61 Å². The van der Waals surface area contributed by atoms with Gasteiger partial charge in [0.2, 0.25) is 0 Å². The Balaban J connectivity index is 2.12. The van der Waals surface area contributed by atoms with Gasteiger partial charge in [-0.05, 0) is 62.7 Å². The fraction of sp³-hybridized carbons (Fsp3) is 0.455. The number of hydrogen-bond donors (Lipinski definition) is 0. The van der Waals surface area contributed by atoms with E-state index in [-0.39, 0.29) is 11.4 Å². The van der Waals surface area contributed by atoms with Crippen molar-refractivity contribution in [3.8, 4) is 0 Å². The molecular weight excluding hydrogens is 310 g/mol. The van der Waals surface area contributed by atoms with Gasteiger partial charge in [0.05, 0.1) is 6.61 Å². The second-order valence-corrected chi connectivity index (χ2v) is 7.35. The molecule has 25 heavy (non-hydrogen) atoms. The number of carbonyl (C=O) groups is 1. The topological polar surface area (TPSA) is 39.2 Å². The third kappa shape index (κ3) is 5.15. The van der Waals surface area contributed by atoms with Crippen LogP contribution in [-0.2, 0) is 4.74 Å². The van der Waals surface area contributed by atoms with E-state index < -0.39 is 0 Å². The molecule has 0 spiro atoms. The summed E-state index contributed by atoms with van der Waals surface area (Å²) in [7, 11) is 0. The van der Waals surface area contributed by atoms with Crippen molar-refractivity contribution < 1.29 is 9.53 Å². The van der Waals surface area contributed by atoms with Gasteiger partial charge in [0.25, 0.3) is 0 Å². The smallest absolute Gasteiger partial charge is 0.356 e. The van der Waals surface area contributed by atoms with Crippen LogP contribution in [0.25, 0.3) is 6.08 Å². The minimum absolute atomic E-state index is 0.252. The second kappa shape index (κ2) is 8.28. The van der Waals surface area contributed by atoms with Crippen LogP contribution in [0.2, 0.25) is 0 Å². The van der Waals surface area contributed by atoms with Crippen molar-refractivity contribution in [1.82, 2.24) is 4.98 Å². The third-order valence-corrected chi connectivity index (χ3v) is 4.72. The number of esters is 1. The first-order chi connectivity index (χ1) is 11.8. The number of pyridine rings is 1. The zero-order valence-electron chi connectivity index (χ0n) is 16.1. The van der Waals surface area contributed by atoms with Crippen LogP contribution in [0, 0.1) is 5.41 Å². The molecular formula is C22H29NO2. The van der Waals surface area contributed by atoms with Gasteiger partial charge in [-0.1, -0.05) is 49.3 Å². The molecule has 3 heteroatoms. The van der Waals surface area contributed by atoms with E-state index in [0.717, 1.165) is 11.1 Å². The van der Waals surface area contributed by atoms with Crippen LogP contribution in [0.5, 0.6) is 0 Å². The number of allylic oxidation sites excluding steroid dienone is 5. The normalized spacial score (nSPS) is 17.9. The summed E-state index contributed by atoms with van der Waals surface area (Å²) in [6.07, 6.45) is 11.9. The molecule has 0 amide bonds. The Morgan fingerprint density at radius 2 is 2.12 bits per heavy atom. The molecule has 1 aromatic heterocycles. The van der Waals surface area contributed by atoms with Crippen molar-refractivity contribution in [3.63, 3.8) is 0 Å². The summed E-state index contributed by atoms with van der Waals surface area (Å²) < 4.78 is 4.95. The molecule has 0 unspecified atom stereocenters. The van der Waals surface area contributed by atoms with Crippen molar-refractivity contribution in [2.45, 2.75) is 53.9 Å². The van der Waals surface area contributed by atoms with Gasteiger partial charge in [0.15, 0.2) is 0 Å². The number of ether oxygens (including phenoxy) is 1. The lowest BCUT2D eigenvalue weighted by molar-refractivity contribution is 0.0519. The molecule has 0 bridgehead atoms. The van der Waals surface area contributed by atoms with Gasteiger partial charge in [0.1, 0.15) is 5.69 Å². The molecule has 1 aliphatic carbocycles. The average molecular weight is 339 g/mol. The highest BCUT2D eigenvalue weighted by atomic mass is 16.5. The number of aromatic nitrogens is 1. The molecule has 134 valence electrons. The summed E-state index contributed by atoms with van der Waals surface area (Å²) in [6, 6.07) is 3.60. The summed E-state index contributed by atoms with van der Waals surface area (Å²) in [5.41, 5.74) is 5.69. The van der Waals surface area contributed by atoms with Crippen LogP contribution in [0.3, 0.4) is 0 Å². The van der Waals surface area contributed by atoms with Gasteiger partial charge >= 0.3 is 5.97 Å². The molecule has 0 aromatic carbocycles. The maximum atomic E-state index is 11.6. The fourth-order valence-corrected chi connectivity index (χ4v) is 3.35. The molecule has 0 fully saturated rings. The summed E-state index contributed by atoms with van der Waals surface area (Å²) >= 11 is 0. The summed E-state index contributed by atoms with van der Waals surface area (Å²) in [4.78, 5) is 15.8. The standard InChI is InChI=1S/C22H29NO2/c1-6-25-21(24)20-12-10-18(15-23-20)14-16(2)9-11-19-17(3)8-7-13-22(19,4)5/h9-12,14-15H,6-8,13H2,1-5H3/b11-9?,16-14+. The predicted molar refractivity (Wildman–Crippen MR) is 103 cm³/mol. The Kier molecular flexibility index (Phi) is 6.35. The van der Waals surface area contributed by atoms with E-state index in [1.807, 2.05) is 6.07 Å². The van der Waals surface area contributed by atoms with E-state index in [2.05, 4.69) is 50.9 Å². The minimum atomic E-state index is -0.378. The average Bonchev–Trinajstić information content (AvgIpc) is 2.54. The zero-order valence-corrected chi connectivity index (χ0v) is 16.1. The van der Waals surface area contributed by atoms with E-state index in [9.17, 15) is 4.79 Å². The molecule has 1 aliphatic rings. The van der Waals surface area contributed by atoms with Gasteiger partial charge in [-0.2, -0.15) is 0 Å². The van der Waals surface area contributed by atoms with Crippen molar-refractivity contribution in [2.24, 2.45) is 5.41 Å². The van der Waals surface area contributed by atoms with Crippen LogP contribution < -0.4 is 0 Å². The Bertz CT molecular complexity index is 706. The van der Waals surface area contributed by atoms with Crippen molar-refractivity contribution >= 4 is 12.0 Å². The molecule has 3 nitrogen and oxygen atoms in total. The second-order valence-electron chi connectivity index (χ2n) is 7.35. The Labute approximate surface area is 151 Å². The van der Waals surface area contributed by atoms with Crippen LogP contribution in [0.15, 0.2) is 47.2 Å². The Morgan fingerprint density at radius 1 is 1.36 bits per heavy atom. The lowest BCUT2D eigenvalue weighted by Crippen LogP contribution is -2.19. The summed E-state index contributed by atoms with van der Waals surface area (Å²) in [5, 5.41) is 0. The van der Waals surface area contributed by atoms with Gasteiger partial charge < -0.3 is 4.74 Å². The molecule has 0 aliphatic heterocycles. The first kappa shape index (κ1) is 19.2. The first-order valence-electron chi connectivity index (χ1n) is 9.03. The highest BCUT2D eigenvalue weighted by Gasteiger charge is 2.26. The van der Waals surface area contributed by atoms with E-state index in [1.165, 1.54) is 30.4 Å². The van der Waals surface area contributed by atoms with Crippen LogP contribution in [0.4, 0.5) is 0 Å². The van der Waals surface area contributed by atoms with Crippen LogP contribution in [-0.4, -0.2) is 17.6 Å². The monoisotopic (exact) mass is 339 g/mol.